The lowest BCUT2D eigenvalue weighted by atomic mass is 9.68. The lowest BCUT2D eigenvalue weighted by Crippen LogP contribution is -2.53. The number of carbonyl (C=O) groups excluding carboxylic acids is 1. The number of hydrogen-bond acceptors (Lipinski definition) is 3. The molecule has 0 N–H and O–H groups in total. The minimum atomic E-state index is -0.384. The Labute approximate surface area is 134 Å². The molecular weight excluding hydrogens is 276 g/mol. The fraction of sp³-hybridized carbons (Fsp3) is 0.947. The Morgan fingerprint density at radius 1 is 1.18 bits per heavy atom. The Morgan fingerprint density at radius 2 is 1.91 bits per heavy atom. The standard InChI is InChI=1S/C19H30O3/c1-5-18(2,3)17(20)22-14-9-13-10-19(14,21-4)16-12-7-6-11(8-12)15(13)16/h11-16H,5-10H2,1-4H3. The molecule has 3 heteroatoms. The van der Waals surface area contributed by atoms with E-state index >= 15 is 0 Å². The highest BCUT2D eigenvalue weighted by Gasteiger charge is 2.71. The average Bonchev–Trinajstić information content (AvgIpc) is 3.24. The van der Waals surface area contributed by atoms with Gasteiger partial charge in [-0.1, -0.05) is 6.92 Å². The Kier molecular flexibility index (Phi) is 3.21. The molecule has 0 aromatic carbocycles. The fourth-order valence-electron chi connectivity index (χ4n) is 6.41. The van der Waals surface area contributed by atoms with Crippen molar-refractivity contribution in [3.05, 3.63) is 0 Å². The van der Waals surface area contributed by atoms with Crippen LogP contribution >= 0.6 is 0 Å². The summed E-state index contributed by atoms with van der Waals surface area (Å²) in [6.07, 6.45) is 7.15. The van der Waals surface area contributed by atoms with Crippen molar-refractivity contribution in [2.75, 3.05) is 7.11 Å². The van der Waals surface area contributed by atoms with Gasteiger partial charge in [0.25, 0.3) is 0 Å². The smallest absolute Gasteiger partial charge is 0.311 e. The number of methoxy groups -OCH3 is 1. The second-order valence-electron chi connectivity index (χ2n) is 8.93. The van der Waals surface area contributed by atoms with Crippen molar-refractivity contribution in [2.45, 2.75) is 71.0 Å². The summed E-state index contributed by atoms with van der Waals surface area (Å²) < 4.78 is 12.2. The van der Waals surface area contributed by atoms with Crippen LogP contribution in [0.3, 0.4) is 0 Å². The highest BCUT2D eigenvalue weighted by molar-refractivity contribution is 5.76. The number of carbonyl (C=O) groups is 1. The van der Waals surface area contributed by atoms with E-state index < -0.39 is 0 Å². The van der Waals surface area contributed by atoms with Crippen LogP contribution in [-0.4, -0.2) is 24.8 Å². The van der Waals surface area contributed by atoms with Crippen LogP contribution in [0.5, 0.6) is 0 Å². The first-order valence-electron chi connectivity index (χ1n) is 9.19. The SMILES string of the molecule is CCC(C)(C)C(=O)OC1CC2CC1(OC)C1C3CCC(C3)C21. The summed E-state index contributed by atoms with van der Waals surface area (Å²) >= 11 is 0. The maximum absolute atomic E-state index is 12.6. The highest BCUT2D eigenvalue weighted by atomic mass is 16.6. The van der Waals surface area contributed by atoms with Crippen LogP contribution in [0.2, 0.25) is 0 Å². The molecule has 0 aromatic rings. The van der Waals surface area contributed by atoms with Gasteiger partial charge < -0.3 is 9.47 Å². The number of esters is 1. The van der Waals surface area contributed by atoms with Crippen LogP contribution in [0.25, 0.3) is 0 Å². The van der Waals surface area contributed by atoms with E-state index in [0.29, 0.717) is 5.92 Å². The fourth-order valence-corrected chi connectivity index (χ4v) is 6.41. The average molecular weight is 306 g/mol. The molecule has 0 aliphatic heterocycles. The topological polar surface area (TPSA) is 35.5 Å². The van der Waals surface area contributed by atoms with Gasteiger partial charge in [-0.2, -0.15) is 0 Å². The molecular formula is C19H30O3. The minimum Gasteiger partial charge on any atom is -0.459 e. The monoisotopic (exact) mass is 306 g/mol. The van der Waals surface area contributed by atoms with E-state index in [0.717, 1.165) is 42.9 Å². The van der Waals surface area contributed by atoms with Gasteiger partial charge in [-0.05, 0) is 82.0 Å². The van der Waals surface area contributed by atoms with Gasteiger partial charge in [-0.25, -0.2) is 0 Å². The zero-order valence-corrected chi connectivity index (χ0v) is 14.4. The van der Waals surface area contributed by atoms with Gasteiger partial charge in [-0.15, -0.1) is 0 Å². The molecule has 4 aliphatic carbocycles. The van der Waals surface area contributed by atoms with Crippen LogP contribution < -0.4 is 0 Å². The van der Waals surface area contributed by atoms with Crippen LogP contribution in [0, 0.1) is 35.0 Å². The molecule has 0 heterocycles. The van der Waals surface area contributed by atoms with Gasteiger partial charge in [0, 0.05) is 7.11 Å². The minimum absolute atomic E-state index is 0.0126. The van der Waals surface area contributed by atoms with E-state index in [-0.39, 0.29) is 23.1 Å². The molecule has 4 saturated carbocycles. The van der Waals surface area contributed by atoms with Gasteiger partial charge in [0.15, 0.2) is 0 Å². The van der Waals surface area contributed by atoms with Crippen LogP contribution in [0.15, 0.2) is 0 Å². The van der Waals surface area contributed by atoms with E-state index in [4.69, 9.17) is 9.47 Å². The molecule has 22 heavy (non-hydrogen) atoms. The second kappa shape index (κ2) is 4.72. The van der Waals surface area contributed by atoms with Gasteiger partial charge >= 0.3 is 5.97 Å². The molecule has 124 valence electrons. The first kappa shape index (κ1) is 15.0. The molecule has 0 spiro atoms. The summed E-state index contributed by atoms with van der Waals surface area (Å²) in [6, 6.07) is 0. The van der Waals surface area contributed by atoms with E-state index in [1.165, 1.54) is 19.3 Å². The number of hydrogen-bond donors (Lipinski definition) is 0. The zero-order chi connectivity index (χ0) is 15.7. The lowest BCUT2D eigenvalue weighted by molar-refractivity contribution is -0.189. The molecule has 3 nitrogen and oxygen atoms in total. The molecule has 0 amide bonds. The van der Waals surface area contributed by atoms with Crippen molar-refractivity contribution >= 4 is 5.97 Å². The third kappa shape index (κ3) is 1.75. The van der Waals surface area contributed by atoms with E-state index in [1.807, 2.05) is 21.0 Å². The maximum Gasteiger partial charge on any atom is 0.311 e. The third-order valence-electron chi connectivity index (χ3n) is 7.80. The summed E-state index contributed by atoms with van der Waals surface area (Å²) in [4.78, 5) is 12.6. The lowest BCUT2D eigenvalue weighted by Gasteiger charge is -2.45. The van der Waals surface area contributed by atoms with Gasteiger partial charge in [0.05, 0.1) is 5.41 Å². The van der Waals surface area contributed by atoms with E-state index in [2.05, 4.69) is 6.92 Å². The predicted octanol–water partition coefficient (Wildman–Crippen LogP) is 3.81. The maximum atomic E-state index is 12.6. The summed E-state index contributed by atoms with van der Waals surface area (Å²) in [7, 11) is 1.85. The Balaban J connectivity index is 1.58. The molecule has 0 radical (unpaired) electrons. The molecule has 7 unspecified atom stereocenters. The van der Waals surface area contributed by atoms with E-state index in [9.17, 15) is 4.79 Å². The van der Waals surface area contributed by atoms with Crippen molar-refractivity contribution < 1.29 is 14.3 Å². The van der Waals surface area contributed by atoms with Gasteiger partial charge in [0.1, 0.15) is 11.7 Å². The molecule has 4 bridgehead atoms. The predicted molar refractivity (Wildman–Crippen MR) is 84.2 cm³/mol. The third-order valence-corrected chi connectivity index (χ3v) is 7.80. The molecule has 7 atom stereocenters. The van der Waals surface area contributed by atoms with Crippen molar-refractivity contribution in [3.8, 4) is 0 Å². The van der Waals surface area contributed by atoms with Gasteiger partial charge in [0.2, 0.25) is 0 Å². The number of ether oxygens (including phenoxy) is 2. The summed E-state index contributed by atoms with van der Waals surface area (Å²) in [5.74, 6) is 3.94. The molecule has 4 rings (SSSR count). The summed E-state index contributed by atoms with van der Waals surface area (Å²) in [6.45, 7) is 6.03. The number of fused-ring (bicyclic) bond motifs is 9. The van der Waals surface area contributed by atoms with Crippen molar-refractivity contribution in [1.82, 2.24) is 0 Å². The van der Waals surface area contributed by atoms with Crippen LogP contribution in [0.1, 0.15) is 59.3 Å². The molecule has 0 aromatic heterocycles. The molecule has 4 fully saturated rings. The Morgan fingerprint density at radius 3 is 2.59 bits per heavy atom. The first-order chi connectivity index (χ1) is 10.4. The first-order valence-corrected chi connectivity index (χ1v) is 9.19. The van der Waals surface area contributed by atoms with Crippen molar-refractivity contribution in [2.24, 2.45) is 35.0 Å². The Hall–Kier alpha value is -0.570. The normalized spacial score (nSPS) is 48.7. The largest absolute Gasteiger partial charge is 0.459 e. The number of rotatable bonds is 4. The van der Waals surface area contributed by atoms with Crippen molar-refractivity contribution in [3.63, 3.8) is 0 Å². The summed E-state index contributed by atoms with van der Waals surface area (Å²) in [5.41, 5.74) is -0.556. The van der Waals surface area contributed by atoms with Crippen LogP contribution in [0.4, 0.5) is 0 Å². The Bertz CT molecular complexity index is 485. The molecule has 4 aliphatic rings. The van der Waals surface area contributed by atoms with Crippen molar-refractivity contribution in [1.29, 1.82) is 0 Å². The quantitative estimate of drug-likeness (QED) is 0.585. The van der Waals surface area contributed by atoms with Gasteiger partial charge in [-0.3, -0.25) is 4.79 Å². The summed E-state index contributed by atoms with van der Waals surface area (Å²) in [5, 5.41) is 0. The highest BCUT2D eigenvalue weighted by Crippen LogP contribution is 2.70. The second-order valence-corrected chi connectivity index (χ2v) is 8.93. The van der Waals surface area contributed by atoms with Crippen LogP contribution in [-0.2, 0) is 14.3 Å². The van der Waals surface area contributed by atoms with E-state index in [1.54, 1.807) is 0 Å². The molecule has 0 saturated heterocycles. The zero-order valence-electron chi connectivity index (χ0n) is 14.4.